The summed E-state index contributed by atoms with van der Waals surface area (Å²) in [7, 11) is -3.83. The van der Waals surface area contributed by atoms with Gasteiger partial charge in [-0.1, -0.05) is 76.2 Å². The topological polar surface area (TPSA) is 37.4 Å². The van der Waals surface area contributed by atoms with E-state index in [1.807, 2.05) is 6.92 Å². The van der Waals surface area contributed by atoms with E-state index >= 15 is 0 Å². The predicted molar refractivity (Wildman–Crippen MR) is 106 cm³/mol. The Labute approximate surface area is 171 Å². The molecule has 0 amide bonds. The number of thioether (sulfide) groups is 1. The van der Waals surface area contributed by atoms with Gasteiger partial charge in [0, 0.05) is 5.02 Å². The third-order valence-corrected chi connectivity index (χ3v) is 8.72. The summed E-state index contributed by atoms with van der Waals surface area (Å²) in [6.07, 6.45) is 0. The molecule has 1 heterocycles. The maximum absolute atomic E-state index is 13.1. The number of alkyl halides is 3. The lowest BCUT2D eigenvalue weighted by Gasteiger charge is -2.49. The largest absolute Gasteiger partial charge is 0.245 e. The molecular weight excluding hydrogens is 444 g/mol. The fourth-order valence-corrected chi connectivity index (χ4v) is 7.03. The van der Waals surface area contributed by atoms with Gasteiger partial charge >= 0.3 is 0 Å². The fourth-order valence-electron chi connectivity index (χ4n) is 2.46. The van der Waals surface area contributed by atoms with Gasteiger partial charge in [0.2, 0.25) is 13.8 Å². The van der Waals surface area contributed by atoms with Crippen molar-refractivity contribution in [2.75, 3.05) is 0 Å². The fraction of sp³-hybridized carbons (Fsp3) is 0.250. The van der Waals surface area contributed by atoms with E-state index in [9.17, 15) is 8.42 Å². The van der Waals surface area contributed by atoms with Crippen LogP contribution in [0.2, 0.25) is 5.02 Å². The number of benzene rings is 2. The molecule has 0 bridgehead atoms. The third kappa shape index (κ3) is 3.93. The van der Waals surface area contributed by atoms with Crippen LogP contribution in [0.15, 0.2) is 53.4 Å². The average Bonchev–Trinajstić information content (AvgIpc) is 2.47. The molecule has 1 fully saturated rings. The minimum atomic E-state index is -3.83. The molecule has 2 aromatic rings. The second kappa shape index (κ2) is 7.12. The molecule has 1 aliphatic rings. The predicted octanol–water partition coefficient (Wildman–Crippen LogP) is 5.78. The van der Waals surface area contributed by atoms with E-state index in [0.717, 1.165) is 11.1 Å². The van der Waals surface area contributed by atoms with Crippen molar-refractivity contribution in [2.24, 2.45) is 0 Å². The summed E-state index contributed by atoms with van der Waals surface area (Å²) in [6.45, 7) is 1.89. The van der Waals surface area contributed by atoms with Crippen molar-refractivity contribution in [3.63, 3.8) is 0 Å². The third-order valence-electron chi connectivity index (χ3n) is 3.75. The van der Waals surface area contributed by atoms with E-state index in [0.29, 0.717) is 5.02 Å². The first kappa shape index (κ1) is 19.6. The average molecular weight is 457 g/mol. The van der Waals surface area contributed by atoms with E-state index in [2.05, 4.69) is 0 Å². The lowest BCUT2D eigenvalue weighted by molar-refractivity contribution is 0.340. The van der Waals surface area contributed by atoms with Crippen molar-refractivity contribution in [1.82, 2.24) is 4.31 Å². The van der Waals surface area contributed by atoms with E-state index in [-0.39, 0.29) is 4.90 Å². The zero-order valence-electron chi connectivity index (χ0n) is 12.9. The Balaban J connectivity index is 2.02. The number of halogens is 4. The van der Waals surface area contributed by atoms with Crippen LogP contribution in [0.3, 0.4) is 0 Å². The van der Waals surface area contributed by atoms with Gasteiger partial charge in [-0.25, -0.2) is 8.42 Å². The number of hydrogen-bond donors (Lipinski definition) is 0. The van der Waals surface area contributed by atoms with Crippen molar-refractivity contribution >= 4 is 68.2 Å². The second-order valence-corrected chi connectivity index (χ2v) is 11.4. The summed E-state index contributed by atoms with van der Waals surface area (Å²) in [4.78, 5) is 0.164. The first-order valence-electron chi connectivity index (χ1n) is 7.18. The van der Waals surface area contributed by atoms with Crippen molar-refractivity contribution < 1.29 is 8.42 Å². The lowest BCUT2D eigenvalue weighted by Crippen LogP contribution is -2.54. The molecule has 25 heavy (non-hydrogen) atoms. The van der Waals surface area contributed by atoms with Crippen LogP contribution in [0.25, 0.3) is 0 Å². The van der Waals surface area contributed by atoms with E-state index in [4.69, 9.17) is 46.4 Å². The van der Waals surface area contributed by atoms with Crippen LogP contribution in [0.5, 0.6) is 0 Å². The molecule has 9 heteroatoms. The molecule has 0 spiro atoms. The molecule has 134 valence electrons. The van der Waals surface area contributed by atoms with Gasteiger partial charge < -0.3 is 0 Å². The Morgan fingerprint density at radius 2 is 1.56 bits per heavy atom. The van der Waals surface area contributed by atoms with Crippen LogP contribution >= 0.6 is 58.2 Å². The van der Waals surface area contributed by atoms with Crippen LogP contribution in [0.1, 0.15) is 16.5 Å². The number of sulfonamides is 1. The number of rotatable bonds is 3. The highest BCUT2D eigenvalue weighted by atomic mass is 35.6. The minimum absolute atomic E-state index is 0.164. The quantitative estimate of drug-likeness (QED) is 0.549. The van der Waals surface area contributed by atoms with E-state index in [1.54, 1.807) is 48.5 Å². The maximum Gasteiger partial charge on any atom is 0.245 e. The zero-order valence-corrected chi connectivity index (χ0v) is 17.5. The van der Waals surface area contributed by atoms with Gasteiger partial charge in [0.05, 0.1) is 10.3 Å². The second-order valence-electron chi connectivity index (χ2n) is 5.58. The highest BCUT2D eigenvalue weighted by Crippen LogP contribution is 2.58. The summed E-state index contributed by atoms with van der Waals surface area (Å²) >= 11 is 25.2. The Bertz CT molecular complexity index is 865. The number of nitrogens with zero attached hydrogens (tertiary/aromatic N) is 1. The summed E-state index contributed by atoms with van der Waals surface area (Å²) in [5.41, 5.74) is 1.74. The summed E-state index contributed by atoms with van der Waals surface area (Å²) in [5.74, 6) is 0. The first-order valence-corrected chi connectivity index (χ1v) is 11.1. The smallest absolute Gasteiger partial charge is 0.207 e. The molecule has 1 aliphatic heterocycles. The van der Waals surface area contributed by atoms with Crippen LogP contribution in [0.4, 0.5) is 0 Å². The molecule has 0 aliphatic carbocycles. The molecule has 3 rings (SSSR count). The van der Waals surface area contributed by atoms with Crippen LogP contribution in [0, 0.1) is 6.92 Å². The Morgan fingerprint density at radius 1 is 1.00 bits per heavy atom. The van der Waals surface area contributed by atoms with Crippen molar-refractivity contribution in [2.45, 2.75) is 26.4 Å². The molecule has 1 saturated heterocycles. The van der Waals surface area contributed by atoms with E-state index in [1.165, 1.54) is 16.1 Å². The molecule has 2 atom stereocenters. The molecule has 0 aromatic heterocycles. The van der Waals surface area contributed by atoms with Crippen molar-refractivity contribution in [1.29, 1.82) is 0 Å². The zero-order chi connectivity index (χ0) is 18.4. The van der Waals surface area contributed by atoms with Gasteiger partial charge in [-0.3, -0.25) is 0 Å². The Hall–Kier alpha value is -0.140. The summed E-state index contributed by atoms with van der Waals surface area (Å²) < 4.78 is 25.8. The molecule has 0 unspecified atom stereocenters. The molecule has 0 saturated carbocycles. The van der Waals surface area contributed by atoms with Gasteiger partial charge in [-0.05, 0) is 36.8 Å². The maximum atomic E-state index is 13.1. The monoisotopic (exact) mass is 455 g/mol. The van der Waals surface area contributed by atoms with Crippen molar-refractivity contribution in [3.05, 3.63) is 64.7 Å². The Kier molecular flexibility index (Phi) is 5.58. The number of aryl methyl sites for hydroxylation is 1. The highest BCUT2D eigenvalue weighted by molar-refractivity contribution is 8.04. The molecule has 2 aromatic carbocycles. The SMILES string of the molecule is Cc1ccc(S(=O)(=O)N2[C@@H](c3ccc(Cl)cc3)S[C@H]2C(Cl)(Cl)Cl)cc1. The number of hydrogen-bond acceptors (Lipinski definition) is 3. The standard InChI is InChI=1S/C16H13Cl4NO2S2/c1-10-2-8-13(9-3-10)25(22,23)21-14(24-15(21)16(18,19)20)11-4-6-12(17)7-5-11/h2-9,14-15H,1H3/t14-,15+/m1/s1. The first-order chi connectivity index (χ1) is 11.6. The van der Waals surface area contributed by atoms with Gasteiger partial charge in [-0.15, -0.1) is 11.8 Å². The normalized spacial score (nSPS) is 21.8. The Morgan fingerprint density at radius 3 is 2.08 bits per heavy atom. The molecular formula is C16H13Cl4NO2S2. The lowest BCUT2D eigenvalue weighted by atomic mass is 10.2. The minimum Gasteiger partial charge on any atom is -0.207 e. The van der Waals surface area contributed by atoms with Crippen molar-refractivity contribution in [3.8, 4) is 0 Å². The van der Waals surface area contributed by atoms with E-state index < -0.39 is 24.6 Å². The molecule has 3 nitrogen and oxygen atoms in total. The summed E-state index contributed by atoms with van der Waals surface area (Å²) in [5, 5.41) is -0.729. The van der Waals surface area contributed by atoms with Crippen LogP contribution in [-0.2, 0) is 10.0 Å². The van der Waals surface area contributed by atoms with Crippen LogP contribution in [-0.4, -0.2) is 21.9 Å². The van der Waals surface area contributed by atoms with Gasteiger partial charge in [0.25, 0.3) is 0 Å². The van der Waals surface area contributed by atoms with Gasteiger partial charge in [0.15, 0.2) is 0 Å². The molecule has 0 N–H and O–H groups in total. The molecule has 0 radical (unpaired) electrons. The highest BCUT2D eigenvalue weighted by Gasteiger charge is 2.56. The van der Waals surface area contributed by atoms with Crippen LogP contribution < -0.4 is 0 Å². The summed E-state index contributed by atoms with van der Waals surface area (Å²) in [6, 6.07) is 13.5. The van der Waals surface area contributed by atoms with Gasteiger partial charge in [-0.2, -0.15) is 4.31 Å². The van der Waals surface area contributed by atoms with Gasteiger partial charge in [0.1, 0.15) is 5.37 Å².